The van der Waals surface area contributed by atoms with Gasteiger partial charge in [0, 0.05) is 23.3 Å². The molecule has 0 unspecified atom stereocenters. The fraction of sp³-hybridized carbons (Fsp3) is 0.0526. The van der Waals surface area contributed by atoms with Gasteiger partial charge in [-0.25, -0.2) is 9.78 Å². The van der Waals surface area contributed by atoms with E-state index in [1.54, 1.807) is 12.4 Å². The topological polar surface area (TPSA) is 97.1 Å². The molecule has 0 aliphatic heterocycles. The van der Waals surface area contributed by atoms with Gasteiger partial charge < -0.3 is 15.0 Å². The zero-order valence-electron chi connectivity index (χ0n) is 14.0. The van der Waals surface area contributed by atoms with E-state index in [4.69, 9.17) is 5.11 Å². The molecule has 0 bridgehead atoms. The molecule has 8 heteroatoms. The van der Waals surface area contributed by atoms with Gasteiger partial charge in [0.1, 0.15) is 5.00 Å². The second-order valence-electron chi connectivity index (χ2n) is 5.80. The molecule has 1 aromatic carbocycles. The van der Waals surface area contributed by atoms with Crippen LogP contribution in [-0.4, -0.2) is 31.5 Å². The zero-order chi connectivity index (χ0) is 18.8. The van der Waals surface area contributed by atoms with E-state index in [0.29, 0.717) is 12.1 Å². The molecule has 0 spiro atoms. The summed E-state index contributed by atoms with van der Waals surface area (Å²) in [4.78, 5) is 32.1. The molecule has 0 aliphatic carbocycles. The minimum absolute atomic E-state index is 0.162. The van der Waals surface area contributed by atoms with Crippen molar-refractivity contribution in [3.63, 3.8) is 0 Å². The van der Waals surface area contributed by atoms with Crippen LogP contribution in [0.15, 0.2) is 60.4 Å². The third kappa shape index (κ3) is 3.30. The Hall–Kier alpha value is -3.52. The summed E-state index contributed by atoms with van der Waals surface area (Å²) in [6, 6.07) is 13.3. The minimum atomic E-state index is -1.18. The van der Waals surface area contributed by atoms with Gasteiger partial charge in [0.15, 0.2) is 5.69 Å². The molecule has 7 nitrogen and oxygen atoms in total. The maximum Gasteiger partial charge on any atom is 0.357 e. The summed E-state index contributed by atoms with van der Waals surface area (Å²) >= 11 is 1.08. The highest BCUT2D eigenvalue weighted by molar-refractivity contribution is 7.14. The van der Waals surface area contributed by atoms with Crippen LogP contribution in [0.1, 0.15) is 26.5 Å². The number of pyridine rings is 1. The quantitative estimate of drug-likeness (QED) is 0.554. The Kier molecular flexibility index (Phi) is 4.39. The lowest BCUT2D eigenvalue weighted by atomic mass is 10.1. The van der Waals surface area contributed by atoms with Crippen molar-refractivity contribution in [3.8, 4) is 0 Å². The Morgan fingerprint density at radius 3 is 2.70 bits per heavy atom. The highest BCUT2D eigenvalue weighted by Gasteiger charge is 2.20. The summed E-state index contributed by atoms with van der Waals surface area (Å²) in [5.74, 6) is -1.55. The summed E-state index contributed by atoms with van der Waals surface area (Å²) in [6.07, 6.45) is 3.49. The van der Waals surface area contributed by atoms with Crippen molar-refractivity contribution in [1.29, 1.82) is 0 Å². The number of nitrogens with zero attached hydrogens (tertiary/aromatic N) is 3. The number of aromatic carboxylic acids is 1. The Morgan fingerprint density at radius 1 is 1.11 bits per heavy atom. The number of hydrogen-bond donors (Lipinski definition) is 2. The number of para-hydroxylation sites is 1. The Balaban J connectivity index is 1.70. The molecule has 2 N–H and O–H groups in total. The molecule has 0 aliphatic rings. The molecule has 3 aromatic heterocycles. The van der Waals surface area contributed by atoms with Crippen LogP contribution in [0.5, 0.6) is 0 Å². The number of anilines is 1. The second kappa shape index (κ2) is 7.00. The smallest absolute Gasteiger partial charge is 0.357 e. The molecule has 27 heavy (non-hydrogen) atoms. The van der Waals surface area contributed by atoms with Gasteiger partial charge in [-0.05, 0) is 18.2 Å². The fourth-order valence-electron chi connectivity index (χ4n) is 2.88. The van der Waals surface area contributed by atoms with Crippen LogP contribution in [0, 0.1) is 0 Å². The van der Waals surface area contributed by atoms with Crippen molar-refractivity contribution in [2.45, 2.75) is 6.54 Å². The number of carbonyl (C=O) groups excluding carboxylic acids is 1. The van der Waals surface area contributed by atoms with E-state index in [2.05, 4.69) is 15.3 Å². The predicted octanol–water partition coefficient (Wildman–Crippen LogP) is 3.49. The number of nitrogens with one attached hydrogen (secondary N) is 1. The number of carboxylic acid groups (broad SMARTS) is 1. The molecule has 4 aromatic rings. The second-order valence-corrected chi connectivity index (χ2v) is 6.65. The van der Waals surface area contributed by atoms with Gasteiger partial charge >= 0.3 is 5.97 Å². The van der Waals surface area contributed by atoms with Crippen molar-refractivity contribution in [2.75, 3.05) is 5.32 Å². The third-order valence-electron chi connectivity index (χ3n) is 4.09. The van der Waals surface area contributed by atoms with E-state index < -0.39 is 5.97 Å². The van der Waals surface area contributed by atoms with E-state index in [0.717, 1.165) is 27.9 Å². The lowest BCUT2D eigenvalue weighted by Crippen LogP contribution is -2.13. The summed E-state index contributed by atoms with van der Waals surface area (Å²) in [5, 5.41) is 12.8. The average Bonchev–Trinajstić information content (AvgIpc) is 3.28. The first-order valence-electron chi connectivity index (χ1n) is 8.09. The van der Waals surface area contributed by atoms with E-state index in [1.807, 2.05) is 47.0 Å². The van der Waals surface area contributed by atoms with Gasteiger partial charge in [-0.3, -0.25) is 9.78 Å². The molecule has 0 radical (unpaired) electrons. The molecular weight excluding hydrogens is 364 g/mol. The highest BCUT2D eigenvalue weighted by Crippen LogP contribution is 2.25. The van der Waals surface area contributed by atoms with Crippen LogP contribution >= 0.6 is 11.3 Å². The average molecular weight is 378 g/mol. The molecular formula is C19H14N4O3S. The van der Waals surface area contributed by atoms with Crippen molar-refractivity contribution in [3.05, 3.63) is 77.3 Å². The zero-order valence-corrected chi connectivity index (χ0v) is 14.8. The summed E-state index contributed by atoms with van der Waals surface area (Å²) < 4.78 is 1.96. The van der Waals surface area contributed by atoms with Crippen LogP contribution in [0.25, 0.3) is 10.9 Å². The van der Waals surface area contributed by atoms with E-state index in [9.17, 15) is 9.59 Å². The maximum atomic E-state index is 12.8. The molecule has 0 fully saturated rings. The monoisotopic (exact) mass is 378 g/mol. The number of thiazole rings is 1. The summed E-state index contributed by atoms with van der Waals surface area (Å²) in [5.41, 5.74) is 3.47. The van der Waals surface area contributed by atoms with Crippen LogP contribution in [0.2, 0.25) is 0 Å². The number of amides is 1. The number of rotatable bonds is 5. The number of aromatic nitrogens is 3. The van der Waals surface area contributed by atoms with Crippen molar-refractivity contribution in [1.82, 2.24) is 14.5 Å². The summed E-state index contributed by atoms with van der Waals surface area (Å²) in [6.45, 7) is 0.523. The molecule has 134 valence electrons. The standard InChI is InChI=1S/C19H14N4O3S/c24-17(22-18-16(19(25)26)21-11-27-18)14-10-23(9-12-5-3-4-8-20-12)15-7-2-1-6-13(14)15/h1-8,10-11H,9H2,(H,22,24)(H,25,26). The van der Waals surface area contributed by atoms with E-state index in [-0.39, 0.29) is 16.6 Å². The SMILES string of the molecule is O=C(O)c1ncsc1NC(=O)c1cn(Cc2ccccn2)c2ccccc12. The maximum absolute atomic E-state index is 12.8. The molecule has 3 heterocycles. The Bertz CT molecular complexity index is 1130. The van der Waals surface area contributed by atoms with Crippen LogP contribution in [-0.2, 0) is 6.54 Å². The number of benzene rings is 1. The Labute approximate surface area is 157 Å². The van der Waals surface area contributed by atoms with E-state index >= 15 is 0 Å². The van der Waals surface area contributed by atoms with Crippen LogP contribution in [0.4, 0.5) is 5.00 Å². The highest BCUT2D eigenvalue weighted by atomic mass is 32.1. The lowest BCUT2D eigenvalue weighted by Gasteiger charge is -2.04. The van der Waals surface area contributed by atoms with Crippen LogP contribution in [0.3, 0.4) is 0 Å². The largest absolute Gasteiger partial charge is 0.476 e. The van der Waals surface area contributed by atoms with Gasteiger partial charge in [-0.15, -0.1) is 11.3 Å². The van der Waals surface area contributed by atoms with Crippen molar-refractivity contribution >= 4 is 39.1 Å². The van der Waals surface area contributed by atoms with E-state index in [1.165, 1.54) is 5.51 Å². The van der Waals surface area contributed by atoms with Gasteiger partial charge in [0.05, 0.1) is 23.3 Å². The molecule has 0 saturated heterocycles. The first kappa shape index (κ1) is 16.9. The lowest BCUT2D eigenvalue weighted by molar-refractivity contribution is 0.0692. The number of carbonyl (C=O) groups is 2. The number of hydrogen-bond acceptors (Lipinski definition) is 5. The minimum Gasteiger partial charge on any atom is -0.476 e. The molecule has 0 atom stereocenters. The molecule has 4 rings (SSSR count). The first-order valence-corrected chi connectivity index (χ1v) is 8.97. The summed E-state index contributed by atoms with van der Waals surface area (Å²) in [7, 11) is 0. The normalized spacial score (nSPS) is 10.8. The van der Waals surface area contributed by atoms with Crippen molar-refractivity contribution < 1.29 is 14.7 Å². The number of fused-ring (bicyclic) bond motifs is 1. The fourth-order valence-corrected chi connectivity index (χ4v) is 3.55. The Morgan fingerprint density at radius 2 is 1.93 bits per heavy atom. The molecule has 1 amide bonds. The van der Waals surface area contributed by atoms with Gasteiger partial charge in [-0.2, -0.15) is 0 Å². The van der Waals surface area contributed by atoms with Gasteiger partial charge in [-0.1, -0.05) is 24.3 Å². The predicted molar refractivity (Wildman–Crippen MR) is 102 cm³/mol. The van der Waals surface area contributed by atoms with Gasteiger partial charge in [0.2, 0.25) is 0 Å². The third-order valence-corrected chi connectivity index (χ3v) is 4.83. The molecule has 0 saturated carbocycles. The first-order chi connectivity index (χ1) is 13.1. The van der Waals surface area contributed by atoms with Crippen molar-refractivity contribution in [2.24, 2.45) is 0 Å². The van der Waals surface area contributed by atoms with Crippen LogP contribution < -0.4 is 5.32 Å². The number of carboxylic acids is 1. The van der Waals surface area contributed by atoms with Gasteiger partial charge in [0.25, 0.3) is 5.91 Å².